The van der Waals surface area contributed by atoms with Crippen molar-refractivity contribution < 1.29 is 4.79 Å². The standard InChI is InChI=1S/C15H23N3O/c1-18-11-3-2-4-14(18)9-10-17-13-7-5-12(6-8-13)15(16)19/h5-8,14,17H,2-4,9-11H2,1H3,(H2,16,19). The molecule has 0 aliphatic carbocycles. The molecule has 4 heteroatoms. The second kappa shape index (κ2) is 6.57. The van der Waals surface area contributed by atoms with Gasteiger partial charge < -0.3 is 16.0 Å². The first kappa shape index (κ1) is 13.9. The van der Waals surface area contributed by atoms with Gasteiger partial charge >= 0.3 is 0 Å². The van der Waals surface area contributed by atoms with E-state index in [-0.39, 0.29) is 5.91 Å². The number of benzene rings is 1. The Morgan fingerprint density at radius 2 is 2.11 bits per heavy atom. The van der Waals surface area contributed by atoms with Crippen LogP contribution in [0, 0.1) is 0 Å². The van der Waals surface area contributed by atoms with Crippen LogP contribution in [-0.2, 0) is 0 Å². The molecule has 0 radical (unpaired) electrons. The summed E-state index contributed by atoms with van der Waals surface area (Å²) in [5.74, 6) is -0.379. The van der Waals surface area contributed by atoms with Gasteiger partial charge in [-0.05, 0) is 57.1 Å². The first-order chi connectivity index (χ1) is 9.16. The molecule has 104 valence electrons. The first-order valence-corrected chi connectivity index (χ1v) is 7.01. The van der Waals surface area contributed by atoms with Gasteiger partial charge in [0.25, 0.3) is 0 Å². The molecule has 19 heavy (non-hydrogen) atoms. The highest BCUT2D eigenvalue weighted by atomic mass is 16.1. The van der Waals surface area contributed by atoms with Gasteiger partial charge in [-0.1, -0.05) is 6.42 Å². The van der Waals surface area contributed by atoms with Crippen LogP contribution in [0.1, 0.15) is 36.0 Å². The van der Waals surface area contributed by atoms with E-state index in [0.717, 1.165) is 18.7 Å². The minimum atomic E-state index is -0.379. The zero-order chi connectivity index (χ0) is 13.7. The van der Waals surface area contributed by atoms with Crippen molar-refractivity contribution in [2.45, 2.75) is 31.7 Å². The molecule has 1 aliphatic rings. The van der Waals surface area contributed by atoms with Crippen LogP contribution < -0.4 is 11.1 Å². The third-order valence-electron chi connectivity index (χ3n) is 3.90. The molecule has 0 bridgehead atoms. The summed E-state index contributed by atoms with van der Waals surface area (Å²) < 4.78 is 0. The Bertz CT molecular complexity index is 416. The minimum Gasteiger partial charge on any atom is -0.385 e. The second-order valence-electron chi connectivity index (χ2n) is 5.29. The highest BCUT2D eigenvalue weighted by Gasteiger charge is 2.17. The van der Waals surface area contributed by atoms with E-state index in [2.05, 4.69) is 17.3 Å². The summed E-state index contributed by atoms with van der Waals surface area (Å²) in [6.07, 6.45) is 5.14. The van der Waals surface area contributed by atoms with Crippen LogP contribution in [0.15, 0.2) is 24.3 Å². The van der Waals surface area contributed by atoms with E-state index in [4.69, 9.17) is 5.73 Å². The van der Waals surface area contributed by atoms with Crippen LogP contribution in [0.25, 0.3) is 0 Å². The smallest absolute Gasteiger partial charge is 0.248 e. The largest absolute Gasteiger partial charge is 0.385 e. The summed E-state index contributed by atoms with van der Waals surface area (Å²) >= 11 is 0. The van der Waals surface area contributed by atoms with Gasteiger partial charge in [-0.15, -0.1) is 0 Å². The maximum absolute atomic E-state index is 11.0. The summed E-state index contributed by atoms with van der Waals surface area (Å²) in [6.45, 7) is 2.18. The molecule has 1 fully saturated rings. The zero-order valence-electron chi connectivity index (χ0n) is 11.6. The predicted molar refractivity (Wildman–Crippen MR) is 78.3 cm³/mol. The highest BCUT2D eigenvalue weighted by molar-refractivity contribution is 5.93. The molecule has 1 amide bonds. The zero-order valence-corrected chi connectivity index (χ0v) is 11.6. The monoisotopic (exact) mass is 261 g/mol. The fraction of sp³-hybridized carbons (Fsp3) is 0.533. The molecular formula is C15H23N3O. The number of anilines is 1. The van der Waals surface area contributed by atoms with Crippen LogP contribution in [0.4, 0.5) is 5.69 Å². The first-order valence-electron chi connectivity index (χ1n) is 7.01. The van der Waals surface area contributed by atoms with Gasteiger partial charge in [0, 0.05) is 23.8 Å². The molecule has 1 unspecified atom stereocenters. The van der Waals surface area contributed by atoms with E-state index >= 15 is 0 Å². The van der Waals surface area contributed by atoms with Gasteiger partial charge in [0.15, 0.2) is 0 Å². The summed E-state index contributed by atoms with van der Waals surface area (Å²) in [5.41, 5.74) is 6.81. The molecule has 2 rings (SSSR count). The molecule has 1 heterocycles. The predicted octanol–water partition coefficient (Wildman–Crippen LogP) is 2.07. The van der Waals surface area contributed by atoms with Crippen LogP contribution >= 0.6 is 0 Å². The Morgan fingerprint density at radius 1 is 1.37 bits per heavy atom. The molecule has 0 saturated carbocycles. The van der Waals surface area contributed by atoms with Gasteiger partial charge in [0.05, 0.1) is 0 Å². The van der Waals surface area contributed by atoms with Gasteiger partial charge in [-0.25, -0.2) is 0 Å². The maximum Gasteiger partial charge on any atom is 0.248 e. The molecule has 0 aromatic heterocycles. The van der Waals surface area contributed by atoms with Crippen molar-refractivity contribution >= 4 is 11.6 Å². The SMILES string of the molecule is CN1CCCCC1CCNc1ccc(C(N)=O)cc1. The van der Waals surface area contributed by atoms with Crippen molar-refractivity contribution in [1.29, 1.82) is 0 Å². The van der Waals surface area contributed by atoms with Crippen LogP contribution in [0.5, 0.6) is 0 Å². The Labute approximate surface area is 115 Å². The number of nitrogens with two attached hydrogens (primary N) is 1. The number of carbonyl (C=O) groups is 1. The Balaban J connectivity index is 1.77. The number of piperidine rings is 1. The van der Waals surface area contributed by atoms with E-state index in [1.807, 2.05) is 12.1 Å². The summed E-state index contributed by atoms with van der Waals surface area (Å²) in [7, 11) is 2.21. The normalized spacial score (nSPS) is 20.2. The molecule has 3 N–H and O–H groups in total. The molecule has 1 aliphatic heterocycles. The minimum absolute atomic E-state index is 0.379. The van der Waals surface area contributed by atoms with Gasteiger partial charge in [-0.3, -0.25) is 4.79 Å². The van der Waals surface area contributed by atoms with E-state index in [0.29, 0.717) is 11.6 Å². The van der Waals surface area contributed by atoms with Gasteiger partial charge in [-0.2, -0.15) is 0 Å². The van der Waals surface area contributed by atoms with E-state index in [1.165, 1.54) is 25.8 Å². The van der Waals surface area contributed by atoms with E-state index in [9.17, 15) is 4.79 Å². The van der Waals surface area contributed by atoms with Crippen molar-refractivity contribution in [3.8, 4) is 0 Å². The molecule has 1 atom stereocenters. The van der Waals surface area contributed by atoms with Crippen LogP contribution in [-0.4, -0.2) is 37.0 Å². The number of carbonyl (C=O) groups excluding carboxylic acids is 1. The number of hydrogen-bond acceptors (Lipinski definition) is 3. The molecule has 1 aromatic rings. The number of rotatable bonds is 5. The fourth-order valence-corrected chi connectivity index (χ4v) is 2.64. The number of primary amides is 1. The van der Waals surface area contributed by atoms with Crippen molar-refractivity contribution in [3.05, 3.63) is 29.8 Å². The number of amides is 1. The summed E-state index contributed by atoms with van der Waals surface area (Å²) in [6, 6.07) is 8.04. The number of nitrogens with one attached hydrogen (secondary N) is 1. The van der Waals surface area contributed by atoms with E-state index < -0.39 is 0 Å². The van der Waals surface area contributed by atoms with Gasteiger partial charge in [0.2, 0.25) is 5.91 Å². The Kier molecular flexibility index (Phi) is 4.80. The lowest BCUT2D eigenvalue weighted by Gasteiger charge is -2.32. The molecule has 1 aromatic carbocycles. The van der Waals surface area contributed by atoms with Crippen LogP contribution in [0.2, 0.25) is 0 Å². The average Bonchev–Trinajstić information content (AvgIpc) is 2.41. The molecular weight excluding hydrogens is 238 g/mol. The topological polar surface area (TPSA) is 58.4 Å². The average molecular weight is 261 g/mol. The molecule has 1 saturated heterocycles. The Morgan fingerprint density at radius 3 is 2.74 bits per heavy atom. The van der Waals surface area contributed by atoms with Crippen molar-refractivity contribution in [3.63, 3.8) is 0 Å². The number of hydrogen-bond donors (Lipinski definition) is 2. The Hall–Kier alpha value is -1.55. The van der Waals surface area contributed by atoms with Gasteiger partial charge in [0.1, 0.15) is 0 Å². The fourth-order valence-electron chi connectivity index (χ4n) is 2.64. The lowest BCUT2D eigenvalue weighted by atomic mass is 10.0. The third kappa shape index (κ3) is 3.96. The summed E-state index contributed by atoms with van der Waals surface area (Å²) in [4.78, 5) is 13.4. The molecule has 0 spiro atoms. The number of nitrogens with zero attached hydrogens (tertiary/aromatic N) is 1. The second-order valence-corrected chi connectivity index (χ2v) is 5.29. The third-order valence-corrected chi connectivity index (χ3v) is 3.90. The quantitative estimate of drug-likeness (QED) is 0.853. The van der Waals surface area contributed by atoms with Crippen molar-refractivity contribution in [2.75, 3.05) is 25.5 Å². The maximum atomic E-state index is 11.0. The lowest BCUT2D eigenvalue weighted by molar-refractivity contribution is 0.100. The highest BCUT2D eigenvalue weighted by Crippen LogP contribution is 2.18. The van der Waals surface area contributed by atoms with E-state index in [1.54, 1.807) is 12.1 Å². The van der Waals surface area contributed by atoms with Crippen LogP contribution in [0.3, 0.4) is 0 Å². The summed E-state index contributed by atoms with van der Waals surface area (Å²) in [5, 5.41) is 3.40. The van der Waals surface area contributed by atoms with Crippen molar-refractivity contribution in [2.24, 2.45) is 5.73 Å². The lowest BCUT2D eigenvalue weighted by Crippen LogP contribution is -2.37. The molecule has 4 nitrogen and oxygen atoms in total. The van der Waals surface area contributed by atoms with Crippen molar-refractivity contribution in [1.82, 2.24) is 4.90 Å². The number of likely N-dealkylation sites (tertiary alicyclic amines) is 1.